The molecule has 124 valence electrons. The third kappa shape index (κ3) is 4.43. The van der Waals surface area contributed by atoms with Gasteiger partial charge in [0.25, 0.3) is 0 Å². The molecule has 0 amide bonds. The zero-order valence-corrected chi connectivity index (χ0v) is 13.9. The zero-order valence-electron chi connectivity index (χ0n) is 13.9. The van der Waals surface area contributed by atoms with Crippen LogP contribution in [0.15, 0.2) is 30.5 Å². The number of hydrogen-bond acceptors (Lipinski definition) is 4. The lowest BCUT2D eigenvalue weighted by molar-refractivity contribution is 0.0206. The maximum absolute atomic E-state index is 5.81. The maximum Gasteiger partial charge on any atom is 0.0751 e. The largest absolute Gasteiger partial charge is 0.384 e. The van der Waals surface area contributed by atoms with Gasteiger partial charge in [-0.25, -0.2) is 0 Å². The van der Waals surface area contributed by atoms with E-state index in [9.17, 15) is 0 Å². The molecule has 0 bridgehead atoms. The van der Waals surface area contributed by atoms with Crippen molar-refractivity contribution in [3.8, 4) is 0 Å². The number of benzene rings is 1. The number of hydrogen-bond donors (Lipinski definition) is 1. The van der Waals surface area contributed by atoms with Crippen LogP contribution in [0.4, 0.5) is 5.69 Å². The number of nitrogens with zero attached hydrogens (tertiary/aromatic N) is 1. The van der Waals surface area contributed by atoms with Crippen molar-refractivity contribution in [2.45, 2.75) is 26.2 Å². The van der Waals surface area contributed by atoms with Crippen molar-refractivity contribution in [3.63, 3.8) is 0 Å². The summed E-state index contributed by atoms with van der Waals surface area (Å²) in [5, 5.41) is 4.70. The van der Waals surface area contributed by atoms with Crippen molar-refractivity contribution >= 4 is 16.6 Å². The summed E-state index contributed by atoms with van der Waals surface area (Å²) < 4.78 is 11.2. The number of aromatic nitrogens is 1. The molecule has 1 aromatic carbocycles. The second-order valence-corrected chi connectivity index (χ2v) is 6.24. The lowest BCUT2D eigenvalue weighted by atomic mass is 10.0. The Morgan fingerprint density at radius 2 is 2.13 bits per heavy atom. The van der Waals surface area contributed by atoms with Crippen LogP contribution in [0, 0.1) is 12.8 Å². The van der Waals surface area contributed by atoms with Gasteiger partial charge < -0.3 is 14.8 Å². The molecule has 0 spiro atoms. The molecule has 1 saturated heterocycles. The van der Waals surface area contributed by atoms with E-state index in [1.54, 1.807) is 0 Å². The molecular weight excluding hydrogens is 288 g/mol. The van der Waals surface area contributed by atoms with Crippen molar-refractivity contribution < 1.29 is 9.47 Å². The fraction of sp³-hybridized carbons (Fsp3) is 0.526. The molecule has 0 unspecified atom stereocenters. The first-order chi connectivity index (χ1) is 11.3. The first-order valence-corrected chi connectivity index (χ1v) is 8.58. The van der Waals surface area contributed by atoms with Crippen LogP contribution in [-0.2, 0) is 9.47 Å². The molecule has 1 aromatic heterocycles. The van der Waals surface area contributed by atoms with Crippen LogP contribution in [0.1, 0.15) is 24.8 Å². The molecule has 2 heterocycles. The van der Waals surface area contributed by atoms with Crippen LogP contribution in [0.5, 0.6) is 0 Å². The number of nitrogens with one attached hydrogen (secondary N) is 1. The molecule has 1 aliphatic heterocycles. The number of fused-ring (bicyclic) bond motifs is 1. The maximum atomic E-state index is 5.81. The highest BCUT2D eigenvalue weighted by Gasteiger charge is 2.13. The summed E-state index contributed by atoms with van der Waals surface area (Å²) in [5.41, 5.74) is 3.45. The van der Waals surface area contributed by atoms with Crippen molar-refractivity contribution in [1.82, 2.24) is 4.98 Å². The molecule has 4 heteroatoms. The fourth-order valence-electron chi connectivity index (χ4n) is 3.04. The summed E-state index contributed by atoms with van der Waals surface area (Å²) in [6.07, 6.45) is 5.17. The standard InChI is InChI=1S/C19H26N2O2/c1-15-4-2-5-17-18(6-10-21-19(15)17)20-9-3-11-23-14-16-7-12-22-13-8-16/h2,4-6,10,16H,3,7-9,11-14H2,1H3,(H,20,21). The Labute approximate surface area is 138 Å². The van der Waals surface area contributed by atoms with Gasteiger partial charge in [-0.1, -0.05) is 18.2 Å². The Kier molecular flexibility index (Phi) is 5.83. The second-order valence-electron chi connectivity index (χ2n) is 6.24. The average molecular weight is 314 g/mol. The summed E-state index contributed by atoms with van der Waals surface area (Å²) in [6.45, 7) is 6.49. The van der Waals surface area contributed by atoms with E-state index in [4.69, 9.17) is 9.47 Å². The first-order valence-electron chi connectivity index (χ1n) is 8.58. The summed E-state index contributed by atoms with van der Waals surface area (Å²) in [7, 11) is 0. The van der Waals surface area contributed by atoms with Gasteiger partial charge in [0, 0.05) is 50.2 Å². The molecule has 0 atom stereocenters. The van der Waals surface area contributed by atoms with Crippen molar-refractivity contribution in [2.75, 3.05) is 38.3 Å². The molecule has 1 fully saturated rings. The minimum Gasteiger partial charge on any atom is -0.384 e. The van der Waals surface area contributed by atoms with Gasteiger partial charge in [0.15, 0.2) is 0 Å². The topological polar surface area (TPSA) is 43.4 Å². The van der Waals surface area contributed by atoms with E-state index in [2.05, 4.69) is 35.4 Å². The van der Waals surface area contributed by atoms with Crippen LogP contribution >= 0.6 is 0 Å². The second kappa shape index (κ2) is 8.27. The van der Waals surface area contributed by atoms with Crippen molar-refractivity contribution in [1.29, 1.82) is 0 Å². The molecular formula is C19H26N2O2. The van der Waals surface area contributed by atoms with Crippen molar-refractivity contribution in [2.24, 2.45) is 5.92 Å². The van der Waals surface area contributed by atoms with Gasteiger partial charge in [0.1, 0.15) is 0 Å². The average Bonchev–Trinajstić information content (AvgIpc) is 2.59. The number of rotatable bonds is 7. The van der Waals surface area contributed by atoms with Gasteiger partial charge in [-0.3, -0.25) is 4.98 Å². The molecule has 1 N–H and O–H groups in total. The minimum atomic E-state index is 0.684. The Morgan fingerprint density at radius 3 is 3.00 bits per heavy atom. The van der Waals surface area contributed by atoms with Crippen LogP contribution in [0.25, 0.3) is 10.9 Å². The third-order valence-electron chi connectivity index (χ3n) is 4.45. The van der Waals surface area contributed by atoms with E-state index in [0.717, 1.165) is 63.4 Å². The zero-order chi connectivity index (χ0) is 15.9. The van der Waals surface area contributed by atoms with Gasteiger partial charge in [0.05, 0.1) is 5.52 Å². The van der Waals surface area contributed by atoms with Gasteiger partial charge in [-0.05, 0) is 43.7 Å². The van der Waals surface area contributed by atoms with Crippen LogP contribution in [0.3, 0.4) is 0 Å². The predicted octanol–water partition coefficient (Wildman–Crippen LogP) is 3.79. The quantitative estimate of drug-likeness (QED) is 0.790. The minimum absolute atomic E-state index is 0.684. The highest BCUT2D eigenvalue weighted by atomic mass is 16.5. The van der Waals surface area contributed by atoms with Crippen molar-refractivity contribution in [3.05, 3.63) is 36.0 Å². The fourth-order valence-corrected chi connectivity index (χ4v) is 3.04. The van der Waals surface area contributed by atoms with Crippen LogP contribution in [-0.4, -0.2) is 38.0 Å². The van der Waals surface area contributed by atoms with E-state index < -0.39 is 0 Å². The van der Waals surface area contributed by atoms with Gasteiger partial charge in [-0.15, -0.1) is 0 Å². The molecule has 23 heavy (non-hydrogen) atoms. The predicted molar refractivity (Wildman–Crippen MR) is 93.9 cm³/mol. The Hall–Kier alpha value is -1.65. The van der Waals surface area contributed by atoms with E-state index in [-0.39, 0.29) is 0 Å². The summed E-state index contributed by atoms with van der Waals surface area (Å²) >= 11 is 0. The third-order valence-corrected chi connectivity index (χ3v) is 4.45. The van der Waals surface area contributed by atoms with E-state index >= 15 is 0 Å². The highest BCUT2D eigenvalue weighted by molar-refractivity contribution is 5.92. The molecule has 2 aromatic rings. The van der Waals surface area contributed by atoms with Crippen LogP contribution < -0.4 is 5.32 Å². The van der Waals surface area contributed by atoms with E-state index in [0.29, 0.717) is 5.92 Å². The lowest BCUT2D eigenvalue weighted by Gasteiger charge is -2.21. The normalized spacial score (nSPS) is 15.9. The molecule has 0 aliphatic carbocycles. The van der Waals surface area contributed by atoms with Crippen LogP contribution in [0.2, 0.25) is 0 Å². The monoisotopic (exact) mass is 314 g/mol. The SMILES string of the molecule is Cc1cccc2c(NCCCOCC3CCOCC3)ccnc12. The van der Waals surface area contributed by atoms with Gasteiger partial charge in [-0.2, -0.15) is 0 Å². The Morgan fingerprint density at radius 1 is 1.26 bits per heavy atom. The number of ether oxygens (including phenoxy) is 2. The molecule has 1 aliphatic rings. The Bertz CT molecular complexity index is 624. The van der Waals surface area contributed by atoms with E-state index in [1.165, 1.54) is 10.9 Å². The number of anilines is 1. The highest BCUT2D eigenvalue weighted by Crippen LogP contribution is 2.23. The number of aryl methyl sites for hydroxylation is 1. The Balaban J connectivity index is 1.41. The van der Waals surface area contributed by atoms with Gasteiger partial charge in [0.2, 0.25) is 0 Å². The summed E-state index contributed by atoms with van der Waals surface area (Å²) in [5.74, 6) is 0.684. The summed E-state index contributed by atoms with van der Waals surface area (Å²) in [4.78, 5) is 4.48. The number of pyridine rings is 1. The number of para-hydroxylation sites is 1. The molecule has 4 nitrogen and oxygen atoms in total. The smallest absolute Gasteiger partial charge is 0.0751 e. The molecule has 0 saturated carbocycles. The molecule has 0 radical (unpaired) electrons. The lowest BCUT2D eigenvalue weighted by Crippen LogP contribution is -2.20. The van der Waals surface area contributed by atoms with E-state index in [1.807, 2.05) is 12.3 Å². The summed E-state index contributed by atoms with van der Waals surface area (Å²) in [6, 6.07) is 8.36. The first kappa shape index (κ1) is 16.2. The molecule has 3 rings (SSSR count). The van der Waals surface area contributed by atoms with Gasteiger partial charge >= 0.3 is 0 Å².